The van der Waals surface area contributed by atoms with Crippen molar-refractivity contribution in [3.63, 3.8) is 0 Å². The minimum Gasteiger partial charge on any atom is -0.324 e. The van der Waals surface area contributed by atoms with Crippen LogP contribution in [-0.4, -0.2) is 32.2 Å². The highest BCUT2D eigenvalue weighted by atomic mass is 79.9. The van der Waals surface area contributed by atoms with Crippen LogP contribution in [0.4, 0.5) is 5.69 Å². The lowest BCUT2D eigenvalue weighted by molar-refractivity contribution is -0.116. The van der Waals surface area contributed by atoms with E-state index < -0.39 is 15.9 Å². The van der Waals surface area contributed by atoms with Crippen molar-refractivity contribution in [1.29, 1.82) is 0 Å². The van der Waals surface area contributed by atoms with Gasteiger partial charge in [0.05, 0.1) is 17.1 Å². The average molecular weight is 411 g/mol. The molecule has 5 nitrogen and oxygen atoms in total. The van der Waals surface area contributed by atoms with E-state index in [0.29, 0.717) is 5.69 Å². The van der Waals surface area contributed by atoms with Crippen molar-refractivity contribution in [2.75, 3.05) is 18.9 Å². The van der Waals surface area contributed by atoms with Crippen molar-refractivity contribution < 1.29 is 13.2 Å². The zero-order chi connectivity index (χ0) is 17.9. The second-order valence-corrected chi connectivity index (χ2v) is 8.43. The van der Waals surface area contributed by atoms with E-state index in [1.165, 1.54) is 7.05 Å². The van der Waals surface area contributed by atoms with Crippen LogP contribution in [0.2, 0.25) is 0 Å². The molecule has 0 heterocycles. The summed E-state index contributed by atoms with van der Waals surface area (Å²) >= 11 is 3.34. The zero-order valence-corrected chi connectivity index (χ0v) is 16.1. The van der Waals surface area contributed by atoms with Gasteiger partial charge in [-0.25, -0.2) is 8.42 Å². The molecule has 0 spiro atoms. The van der Waals surface area contributed by atoms with Crippen molar-refractivity contribution in [2.24, 2.45) is 0 Å². The summed E-state index contributed by atoms with van der Waals surface area (Å²) in [6.45, 7) is 3.51. The summed E-state index contributed by atoms with van der Waals surface area (Å²) in [4.78, 5) is 12.3. The predicted molar refractivity (Wildman–Crippen MR) is 98.5 cm³/mol. The second-order valence-electron chi connectivity index (χ2n) is 5.54. The number of amides is 1. The number of sulfonamides is 1. The van der Waals surface area contributed by atoms with Crippen LogP contribution in [0, 0.1) is 13.8 Å². The number of likely N-dealkylation sites (N-methyl/N-ethyl adjacent to an activating group) is 1. The number of nitrogens with zero attached hydrogens (tertiary/aromatic N) is 1. The van der Waals surface area contributed by atoms with E-state index in [9.17, 15) is 13.2 Å². The number of hydrogen-bond donors (Lipinski definition) is 1. The fraction of sp³-hybridized carbons (Fsp3) is 0.235. The minimum atomic E-state index is -3.71. The fourth-order valence-corrected chi connectivity index (χ4v) is 3.69. The number of para-hydroxylation sites is 1. The van der Waals surface area contributed by atoms with Crippen molar-refractivity contribution >= 4 is 37.5 Å². The molecule has 0 atom stereocenters. The number of benzene rings is 2. The highest BCUT2D eigenvalue weighted by Crippen LogP contribution is 2.22. The van der Waals surface area contributed by atoms with E-state index in [4.69, 9.17) is 0 Å². The molecule has 1 N–H and O–H groups in total. The molecule has 0 unspecified atom stereocenters. The van der Waals surface area contributed by atoms with Gasteiger partial charge in [0.2, 0.25) is 15.9 Å². The van der Waals surface area contributed by atoms with Gasteiger partial charge in [0, 0.05) is 11.5 Å². The van der Waals surface area contributed by atoms with E-state index >= 15 is 0 Å². The number of hydrogen-bond acceptors (Lipinski definition) is 3. The SMILES string of the molecule is Cc1ccc(S(=O)(=O)N(C)CC(=O)Nc2ccccc2Br)cc1C. The van der Waals surface area contributed by atoms with Crippen molar-refractivity contribution in [2.45, 2.75) is 18.7 Å². The van der Waals surface area contributed by atoms with Crippen LogP contribution in [0.5, 0.6) is 0 Å². The molecule has 0 radical (unpaired) electrons. The summed E-state index contributed by atoms with van der Waals surface area (Å²) in [6.07, 6.45) is 0. The van der Waals surface area contributed by atoms with Gasteiger partial charge in [-0.1, -0.05) is 18.2 Å². The largest absolute Gasteiger partial charge is 0.324 e. The molecule has 0 saturated heterocycles. The molecule has 7 heteroatoms. The number of rotatable bonds is 5. The molecule has 0 aliphatic heterocycles. The van der Waals surface area contributed by atoms with E-state index in [2.05, 4.69) is 21.2 Å². The van der Waals surface area contributed by atoms with Crippen LogP contribution in [0.15, 0.2) is 51.8 Å². The summed E-state index contributed by atoms with van der Waals surface area (Å²) in [5, 5.41) is 2.69. The van der Waals surface area contributed by atoms with Gasteiger partial charge in [-0.05, 0) is 65.2 Å². The standard InChI is InChI=1S/C17H19BrN2O3S/c1-12-8-9-14(10-13(12)2)24(22,23)20(3)11-17(21)19-16-7-5-4-6-15(16)18/h4-10H,11H2,1-3H3,(H,19,21). The fourth-order valence-electron chi connectivity index (χ4n) is 2.09. The Hall–Kier alpha value is -1.70. The van der Waals surface area contributed by atoms with Gasteiger partial charge < -0.3 is 5.32 Å². The lowest BCUT2D eigenvalue weighted by atomic mass is 10.1. The van der Waals surface area contributed by atoms with Gasteiger partial charge >= 0.3 is 0 Å². The van der Waals surface area contributed by atoms with Crippen LogP contribution < -0.4 is 5.32 Å². The Balaban J connectivity index is 2.13. The van der Waals surface area contributed by atoms with Gasteiger partial charge in [0.25, 0.3) is 0 Å². The van der Waals surface area contributed by atoms with Gasteiger partial charge in [0.1, 0.15) is 0 Å². The van der Waals surface area contributed by atoms with E-state index in [1.807, 2.05) is 19.9 Å². The summed E-state index contributed by atoms with van der Waals surface area (Å²) in [5.74, 6) is -0.406. The van der Waals surface area contributed by atoms with Crippen LogP contribution in [-0.2, 0) is 14.8 Å². The first kappa shape index (κ1) is 18.6. The van der Waals surface area contributed by atoms with Gasteiger partial charge in [-0.2, -0.15) is 4.31 Å². The van der Waals surface area contributed by atoms with Crippen LogP contribution in [0.25, 0.3) is 0 Å². The first-order valence-corrected chi connectivity index (χ1v) is 9.53. The molecule has 2 aromatic rings. The Kier molecular flexibility index (Phi) is 5.79. The number of nitrogens with one attached hydrogen (secondary N) is 1. The molecular weight excluding hydrogens is 392 g/mol. The minimum absolute atomic E-state index is 0.182. The monoisotopic (exact) mass is 410 g/mol. The number of carbonyl (C=O) groups is 1. The lowest BCUT2D eigenvalue weighted by Gasteiger charge is -2.18. The molecule has 0 fully saturated rings. The topological polar surface area (TPSA) is 66.5 Å². The van der Waals surface area contributed by atoms with Crippen LogP contribution in [0.1, 0.15) is 11.1 Å². The van der Waals surface area contributed by atoms with Crippen molar-refractivity contribution in [1.82, 2.24) is 4.31 Å². The summed E-state index contributed by atoms with van der Waals surface area (Å²) in [5.41, 5.74) is 2.50. The maximum absolute atomic E-state index is 12.6. The molecule has 0 bridgehead atoms. The van der Waals surface area contributed by atoms with Crippen LogP contribution in [0.3, 0.4) is 0 Å². The van der Waals surface area contributed by atoms with E-state index in [-0.39, 0.29) is 11.4 Å². The molecule has 0 aliphatic rings. The molecule has 2 aromatic carbocycles. The second kappa shape index (κ2) is 7.46. The quantitative estimate of drug-likeness (QED) is 0.821. The van der Waals surface area contributed by atoms with Crippen LogP contribution >= 0.6 is 15.9 Å². The maximum Gasteiger partial charge on any atom is 0.243 e. The number of carbonyl (C=O) groups excluding carboxylic acids is 1. The van der Waals surface area contributed by atoms with E-state index in [1.54, 1.807) is 36.4 Å². The molecule has 128 valence electrons. The smallest absolute Gasteiger partial charge is 0.243 e. The third-order valence-corrected chi connectivity index (χ3v) is 6.19. The molecular formula is C17H19BrN2O3S. The van der Waals surface area contributed by atoms with Crippen molar-refractivity contribution in [3.8, 4) is 0 Å². The Bertz CT molecular complexity index is 866. The lowest BCUT2D eigenvalue weighted by Crippen LogP contribution is -2.35. The predicted octanol–water partition coefficient (Wildman–Crippen LogP) is 3.33. The summed E-state index contributed by atoms with van der Waals surface area (Å²) in [6, 6.07) is 12.1. The Morgan fingerprint density at radius 2 is 1.79 bits per heavy atom. The molecule has 24 heavy (non-hydrogen) atoms. The van der Waals surface area contributed by atoms with Gasteiger partial charge in [0.15, 0.2) is 0 Å². The number of anilines is 1. The molecule has 0 saturated carbocycles. The third kappa shape index (κ3) is 4.23. The highest BCUT2D eigenvalue weighted by Gasteiger charge is 2.23. The van der Waals surface area contributed by atoms with Crippen molar-refractivity contribution in [3.05, 3.63) is 58.1 Å². The van der Waals surface area contributed by atoms with Gasteiger partial charge in [-0.15, -0.1) is 0 Å². The summed E-state index contributed by atoms with van der Waals surface area (Å²) < 4.78 is 27.0. The average Bonchev–Trinajstić information content (AvgIpc) is 2.52. The Morgan fingerprint density at radius 1 is 1.12 bits per heavy atom. The first-order valence-electron chi connectivity index (χ1n) is 7.30. The summed E-state index contributed by atoms with van der Waals surface area (Å²) in [7, 11) is -2.32. The first-order chi connectivity index (χ1) is 11.2. The zero-order valence-electron chi connectivity index (χ0n) is 13.7. The number of halogens is 1. The van der Waals surface area contributed by atoms with E-state index in [0.717, 1.165) is 19.9 Å². The Labute approximate surface area is 150 Å². The molecule has 2 rings (SSSR count). The normalized spacial score (nSPS) is 11.5. The molecule has 0 aliphatic carbocycles. The molecule has 0 aromatic heterocycles. The van der Waals surface area contributed by atoms with Gasteiger partial charge in [-0.3, -0.25) is 4.79 Å². The highest BCUT2D eigenvalue weighted by molar-refractivity contribution is 9.10. The number of aryl methyl sites for hydroxylation is 2. The maximum atomic E-state index is 12.6. The molecule has 1 amide bonds. The Morgan fingerprint density at radius 3 is 2.42 bits per heavy atom. The third-order valence-electron chi connectivity index (χ3n) is 3.70.